The normalized spacial score (nSPS) is 50.3. The Kier molecular flexibility index (Phi) is 4.95. The second-order valence-corrected chi connectivity index (χ2v) is 11.2. The van der Waals surface area contributed by atoms with E-state index in [-0.39, 0.29) is 0 Å². The van der Waals surface area contributed by atoms with Crippen LogP contribution in [0, 0.1) is 59.2 Å². The third-order valence-electron chi connectivity index (χ3n) is 9.19. The van der Waals surface area contributed by atoms with E-state index in [1.165, 1.54) is 19.3 Å². The van der Waals surface area contributed by atoms with Gasteiger partial charge in [-0.2, -0.15) is 0 Å². The summed E-state index contributed by atoms with van der Waals surface area (Å²) in [7, 11) is 0. The van der Waals surface area contributed by atoms with Crippen LogP contribution in [0.3, 0.4) is 0 Å². The third-order valence-corrected chi connectivity index (χ3v) is 9.19. The average Bonchev–Trinajstić information content (AvgIpc) is 3.40. The van der Waals surface area contributed by atoms with E-state index in [2.05, 4.69) is 6.92 Å². The standard InChI is InChI=1S/C25H40O/c1-2-16-7-18(16)9-20-11-22(20)13-24-15-25(24)14-23-12-21(23)10-19-8-17(19)5-3-4-6-26/h6,16-25H,2-5,7-15H2,1H3. The van der Waals surface area contributed by atoms with E-state index in [1.807, 2.05) is 0 Å². The summed E-state index contributed by atoms with van der Waals surface area (Å²) in [4.78, 5) is 10.4. The van der Waals surface area contributed by atoms with Crippen molar-refractivity contribution in [3.8, 4) is 0 Å². The Labute approximate surface area is 161 Å². The quantitative estimate of drug-likeness (QED) is 0.272. The minimum atomic E-state index is 0.792. The number of rotatable bonds is 13. The highest BCUT2D eigenvalue weighted by Crippen LogP contribution is 2.61. The van der Waals surface area contributed by atoms with Gasteiger partial charge in [0.05, 0.1) is 0 Å². The van der Waals surface area contributed by atoms with Crippen molar-refractivity contribution in [2.45, 2.75) is 90.4 Å². The van der Waals surface area contributed by atoms with Crippen molar-refractivity contribution in [3.63, 3.8) is 0 Å². The van der Waals surface area contributed by atoms with Crippen LogP contribution >= 0.6 is 0 Å². The number of hydrogen-bond donors (Lipinski definition) is 0. The maximum Gasteiger partial charge on any atom is 0.119 e. The number of carbonyl (C=O) groups is 1. The van der Waals surface area contributed by atoms with E-state index in [4.69, 9.17) is 0 Å². The van der Waals surface area contributed by atoms with Crippen molar-refractivity contribution in [2.24, 2.45) is 59.2 Å². The molecule has 5 fully saturated rings. The van der Waals surface area contributed by atoms with Gasteiger partial charge in [-0.05, 0) is 130 Å². The van der Waals surface area contributed by atoms with Gasteiger partial charge in [-0.15, -0.1) is 0 Å². The third kappa shape index (κ3) is 4.39. The van der Waals surface area contributed by atoms with Gasteiger partial charge in [-0.25, -0.2) is 0 Å². The predicted octanol–water partition coefficient (Wildman–Crippen LogP) is 6.51. The van der Waals surface area contributed by atoms with Gasteiger partial charge in [-0.1, -0.05) is 13.3 Å². The molecule has 0 aromatic heterocycles. The first-order valence-corrected chi connectivity index (χ1v) is 12.2. The average molecular weight is 357 g/mol. The van der Waals surface area contributed by atoms with Crippen LogP contribution in [0.4, 0.5) is 0 Å². The molecule has 0 aromatic rings. The maximum absolute atomic E-state index is 10.4. The molecule has 0 spiro atoms. The van der Waals surface area contributed by atoms with Crippen molar-refractivity contribution in [1.82, 2.24) is 0 Å². The second kappa shape index (κ2) is 7.25. The molecule has 1 nitrogen and oxygen atoms in total. The van der Waals surface area contributed by atoms with E-state index in [0.29, 0.717) is 0 Å². The lowest BCUT2D eigenvalue weighted by Gasteiger charge is -2.02. The van der Waals surface area contributed by atoms with Gasteiger partial charge in [0.15, 0.2) is 0 Å². The summed E-state index contributed by atoms with van der Waals surface area (Å²) in [5, 5.41) is 0. The highest BCUT2D eigenvalue weighted by atomic mass is 16.1. The van der Waals surface area contributed by atoms with Crippen LogP contribution in [0.25, 0.3) is 0 Å². The van der Waals surface area contributed by atoms with Gasteiger partial charge in [0.2, 0.25) is 0 Å². The van der Waals surface area contributed by atoms with Gasteiger partial charge >= 0.3 is 0 Å². The van der Waals surface area contributed by atoms with Crippen LogP contribution < -0.4 is 0 Å². The summed E-state index contributed by atoms with van der Waals surface area (Å²) in [5.74, 6) is 11.1. The first kappa shape index (κ1) is 17.7. The first-order chi connectivity index (χ1) is 12.7. The monoisotopic (exact) mass is 356 g/mol. The highest BCUT2D eigenvalue weighted by Gasteiger charge is 2.51. The lowest BCUT2D eigenvalue weighted by Crippen LogP contribution is -1.93. The molecular formula is C25H40O. The van der Waals surface area contributed by atoms with Gasteiger partial charge in [0.25, 0.3) is 0 Å². The highest BCUT2D eigenvalue weighted by molar-refractivity contribution is 5.48. The van der Waals surface area contributed by atoms with Crippen LogP contribution in [-0.2, 0) is 4.79 Å². The molecule has 0 heterocycles. The van der Waals surface area contributed by atoms with E-state index in [1.54, 1.807) is 51.4 Å². The van der Waals surface area contributed by atoms with Crippen molar-refractivity contribution in [3.05, 3.63) is 0 Å². The molecule has 0 amide bonds. The summed E-state index contributed by atoms with van der Waals surface area (Å²) >= 11 is 0. The Balaban J connectivity index is 0.911. The Morgan fingerprint density at radius 3 is 1.42 bits per heavy atom. The molecule has 5 saturated carbocycles. The summed E-state index contributed by atoms with van der Waals surface area (Å²) < 4.78 is 0. The molecule has 0 N–H and O–H groups in total. The number of unbranched alkanes of at least 4 members (excludes halogenated alkanes) is 1. The molecule has 10 unspecified atom stereocenters. The predicted molar refractivity (Wildman–Crippen MR) is 107 cm³/mol. The fraction of sp³-hybridized carbons (Fsp3) is 0.960. The molecule has 0 saturated heterocycles. The van der Waals surface area contributed by atoms with Crippen LogP contribution in [0.1, 0.15) is 90.4 Å². The summed E-state index contributed by atoms with van der Waals surface area (Å²) in [6, 6.07) is 0. The van der Waals surface area contributed by atoms with Crippen LogP contribution in [0.2, 0.25) is 0 Å². The lowest BCUT2D eigenvalue weighted by molar-refractivity contribution is -0.107. The minimum absolute atomic E-state index is 0.792. The Morgan fingerprint density at radius 2 is 1.00 bits per heavy atom. The number of aldehydes is 1. The van der Waals surface area contributed by atoms with Crippen molar-refractivity contribution < 1.29 is 4.79 Å². The maximum atomic E-state index is 10.4. The Morgan fingerprint density at radius 1 is 0.615 bits per heavy atom. The van der Waals surface area contributed by atoms with Gasteiger partial charge < -0.3 is 4.79 Å². The molecule has 10 atom stereocenters. The molecule has 0 radical (unpaired) electrons. The van der Waals surface area contributed by atoms with Gasteiger partial charge in [0.1, 0.15) is 6.29 Å². The number of hydrogen-bond acceptors (Lipinski definition) is 1. The van der Waals surface area contributed by atoms with Gasteiger partial charge in [0, 0.05) is 6.42 Å². The Bertz CT molecular complexity index is 512. The fourth-order valence-electron chi connectivity index (χ4n) is 6.73. The summed E-state index contributed by atoms with van der Waals surface area (Å²) in [5.41, 5.74) is 0. The zero-order chi connectivity index (χ0) is 17.7. The molecule has 0 bridgehead atoms. The van der Waals surface area contributed by atoms with Crippen LogP contribution in [0.5, 0.6) is 0 Å². The minimum Gasteiger partial charge on any atom is -0.303 e. The molecule has 5 aliphatic carbocycles. The zero-order valence-corrected chi connectivity index (χ0v) is 17.0. The SMILES string of the molecule is CCC1CC1CC1CC1CC1CC1CC1CC1CC1CC1CCCC=O. The van der Waals surface area contributed by atoms with Crippen molar-refractivity contribution in [2.75, 3.05) is 0 Å². The molecular weight excluding hydrogens is 316 g/mol. The van der Waals surface area contributed by atoms with Crippen molar-refractivity contribution >= 4 is 6.29 Å². The smallest absolute Gasteiger partial charge is 0.119 e. The molecule has 26 heavy (non-hydrogen) atoms. The van der Waals surface area contributed by atoms with E-state index in [9.17, 15) is 4.79 Å². The lowest BCUT2D eigenvalue weighted by atomic mass is 10.0. The van der Waals surface area contributed by atoms with Gasteiger partial charge in [-0.3, -0.25) is 0 Å². The molecule has 146 valence electrons. The molecule has 5 rings (SSSR count). The van der Waals surface area contributed by atoms with Crippen LogP contribution in [0.15, 0.2) is 0 Å². The molecule has 0 aromatic carbocycles. The van der Waals surface area contributed by atoms with Crippen LogP contribution in [-0.4, -0.2) is 6.29 Å². The van der Waals surface area contributed by atoms with E-state index in [0.717, 1.165) is 78.3 Å². The first-order valence-electron chi connectivity index (χ1n) is 12.2. The topological polar surface area (TPSA) is 17.1 Å². The Hall–Kier alpha value is -0.330. The molecule has 0 aliphatic heterocycles. The largest absolute Gasteiger partial charge is 0.303 e. The zero-order valence-electron chi connectivity index (χ0n) is 17.0. The molecule has 1 heteroatoms. The van der Waals surface area contributed by atoms with E-state index >= 15 is 0 Å². The second-order valence-electron chi connectivity index (χ2n) is 11.2. The molecule has 5 aliphatic rings. The summed E-state index contributed by atoms with van der Waals surface area (Å²) in [6.07, 6.45) is 19.9. The summed E-state index contributed by atoms with van der Waals surface area (Å²) in [6.45, 7) is 2.38. The van der Waals surface area contributed by atoms with E-state index < -0.39 is 0 Å². The number of carbonyl (C=O) groups excluding carboxylic acids is 1. The van der Waals surface area contributed by atoms with Crippen molar-refractivity contribution in [1.29, 1.82) is 0 Å². The fourth-order valence-corrected chi connectivity index (χ4v) is 6.73.